The van der Waals surface area contributed by atoms with Crippen LogP contribution in [0.5, 0.6) is 0 Å². The van der Waals surface area contributed by atoms with Gasteiger partial charge in [0.05, 0.1) is 11.1 Å². The highest BCUT2D eigenvalue weighted by molar-refractivity contribution is 8.04. The average Bonchev–Trinajstić information content (AvgIpc) is 3.10. The highest BCUT2D eigenvalue weighted by Gasteiger charge is 2.19. The SMILES string of the molecule is C=C1CSCC(COC(=O)c2ccc(C(=O)OCC3CSCC(=C)CS3)cc2)SC1. The number of hydrogen-bond acceptors (Lipinski definition) is 8. The lowest BCUT2D eigenvalue weighted by molar-refractivity contribution is 0.0497. The molecule has 2 aliphatic heterocycles. The summed E-state index contributed by atoms with van der Waals surface area (Å²) in [5.74, 6) is 4.95. The minimum atomic E-state index is -0.365. The zero-order valence-corrected chi connectivity index (χ0v) is 20.1. The van der Waals surface area contributed by atoms with Crippen molar-refractivity contribution in [1.82, 2.24) is 0 Å². The molecule has 0 bridgehead atoms. The maximum atomic E-state index is 12.3. The van der Waals surface area contributed by atoms with Crippen molar-refractivity contribution in [2.24, 2.45) is 0 Å². The van der Waals surface area contributed by atoms with Gasteiger partial charge in [0.25, 0.3) is 0 Å². The van der Waals surface area contributed by atoms with E-state index in [1.807, 2.05) is 23.5 Å². The van der Waals surface area contributed by atoms with Crippen molar-refractivity contribution >= 4 is 59.0 Å². The smallest absolute Gasteiger partial charge is 0.338 e. The van der Waals surface area contributed by atoms with Gasteiger partial charge in [-0.1, -0.05) is 24.3 Å². The van der Waals surface area contributed by atoms with Crippen LogP contribution < -0.4 is 0 Å². The van der Waals surface area contributed by atoms with Gasteiger partial charge in [-0.05, 0) is 24.3 Å². The van der Waals surface area contributed by atoms with E-state index in [1.54, 1.807) is 47.8 Å². The maximum Gasteiger partial charge on any atom is 0.338 e. The molecule has 30 heavy (non-hydrogen) atoms. The summed E-state index contributed by atoms with van der Waals surface area (Å²) < 4.78 is 10.9. The molecule has 0 spiro atoms. The molecule has 0 saturated carbocycles. The van der Waals surface area contributed by atoms with Crippen molar-refractivity contribution in [3.63, 3.8) is 0 Å². The first-order valence-corrected chi connectivity index (χ1v) is 14.1. The Bertz CT molecular complexity index is 713. The predicted octanol–water partition coefficient (Wildman–Crippen LogP) is 4.81. The third kappa shape index (κ3) is 7.62. The predicted molar refractivity (Wildman–Crippen MR) is 132 cm³/mol. The van der Waals surface area contributed by atoms with Gasteiger partial charge in [0.1, 0.15) is 13.2 Å². The molecular weight excluding hydrogens is 457 g/mol. The van der Waals surface area contributed by atoms with Gasteiger partial charge in [0.15, 0.2) is 0 Å². The van der Waals surface area contributed by atoms with Gasteiger partial charge >= 0.3 is 11.9 Å². The van der Waals surface area contributed by atoms with Gasteiger partial charge in [-0.15, -0.1) is 23.5 Å². The molecule has 8 heteroatoms. The molecule has 3 rings (SSSR count). The summed E-state index contributed by atoms with van der Waals surface area (Å²) in [7, 11) is 0. The molecular formula is C22H26O4S4. The first-order chi connectivity index (χ1) is 14.5. The quantitative estimate of drug-likeness (QED) is 0.423. The molecule has 2 saturated heterocycles. The van der Waals surface area contributed by atoms with Crippen LogP contribution in [0.15, 0.2) is 48.6 Å². The second-order valence-electron chi connectivity index (χ2n) is 7.17. The van der Waals surface area contributed by atoms with Crippen LogP contribution in [0.25, 0.3) is 0 Å². The standard InChI is InChI=1S/C22H26O4S4/c1-15-9-27-13-19(29-11-15)7-25-21(23)17-3-5-18(6-4-17)22(24)26-8-20-14-28-10-16(2)12-30-20/h3-6,19-20H,1-2,7-14H2. The number of hydrogen-bond donors (Lipinski definition) is 0. The monoisotopic (exact) mass is 482 g/mol. The van der Waals surface area contributed by atoms with E-state index in [-0.39, 0.29) is 22.4 Å². The van der Waals surface area contributed by atoms with Crippen molar-refractivity contribution in [3.8, 4) is 0 Å². The summed E-state index contributed by atoms with van der Waals surface area (Å²) in [5.41, 5.74) is 3.33. The molecule has 2 unspecified atom stereocenters. The van der Waals surface area contributed by atoms with E-state index in [0.717, 1.165) is 34.5 Å². The van der Waals surface area contributed by atoms with Crippen molar-refractivity contribution in [2.45, 2.75) is 10.5 Å². The van der Waals surface area contributed by atoms with Crippen LogP contribution in [0, 0.1) is 0 Å². The molecule has 0 aliphatic carbocycles. The van der Waals surface area contributed by atoms with Gasteiger partial charge in [0.2, 0.25) is 0 Å². The van der Waals surface area contributed by atoms with Gasteiger partial charge in [-0.3, -0.25) is 0 Å². The fourth-order valence-corrected chi connectivity index (χ4v) is 7.58. The molecule has 0 aromatic heterocycles. The molecule has 2 fully saturated rings. The first kappa shape index (κ1) is 23.7. The number of benzene rings is 1. The normalized spacial score (nSPS) is 22.7. The average molecular weight is 483 g/mol. The van der Waals surface area contributed by atoms with Crippen LogP contribution in [0.1, 0.15) is 20.7 Å². The Morgan fingerprint density at radius 3 is 1.57 bits per heavy atom. The molecule has 0 amide bonds. The second-order valence-corrected chi connectivity index (χ2v) is 11.8. The van der Waals surface area contributed by atoms with Crippen molar-refractivity contribution in [2.75, 3.05) is 47.7 Å². The summed E-state index contributed by atoms with van der Waals surface area (Å²) >= 11 is 7.24. The fourth-order valence-electron chi connectivity index (χ4n) is 2.76. The van der Waals surface area contributed by atoms with Crippen LogP contribution >= 0.6 is 47.0 Å². The Balaban J connectivity index is 1.44. The zero-order valence-electron chi connectivity index (χ0n) is 16.8. The Kier molecular flexibility index (Phi) is 9.62. The van der Waals surface area contributed by atoms with E-state index in [9.17, 15) is 9.59 Å². The number of carbonyl (C=O) groups is 2. The molecule has 0 radical (unpaired) electrons. The van der Waals surface area contributed by atoms with Crippen LogP contribution in [-0.4, -0.2) is 70.2 Å². The Morgan fingerprint density at radius 2 is 1.17 bits per heavy atom. The Hall–Kier alpha value is -0.960. The van der Waals surface area contributed by atoms with Crippen molar-refractivity contribution < 1.29 is 19.1 Å². The Labute approximate surface area is 195 Å². The van der Waals surface area contributed by atoms with Crippen molar-refractivity contribution in [1.29, 1.82) is 0 Å². The minimum absolute atomic E-state index is 0.282. The molecule has 162 valence electrons. The molecule has 1 aromatic carbocycles. The summed E-state index contributed by atoms with van der Waals surface area (Å²) in [6.45, 7) is 8.83. The summed E-state index contributed by atoms with van der Waals surface area (Å²) in [4.78, 5) is 24.7. The Morgan fingerprint density at radius 1 is 0.767 bits per heavy atom. The lowest BCUT2D eigenvalue weighted by Crippen LogP contribution is -2.19. The molecule has 2 heterocycles. The molecule has 4 nitrogen and oxygen atoms in total. The van der Waals surface area contributed by atoms with E-state index in [0.29, 0.717) is 24.3 Å². The highest BCUT2D eigenvalue weighted by atomic mass is 32.2. The van der Waals surface area contributed by atoms with Crippen LogP contribution in [0.2, 0.25) is 0 Å². The fraction of sp³-hybridized carbons (Fsp3) is 0.455. The van der Waals surface area contributed by atoms with Crippen LogP contribution in [0.4, 0.5) is 0 Å². The minimum Gasteiger partial charge on any atom is -0.461 e. The molecule has 2 atom stereocenters. The van der Waals surface area contributed by atoms with Gasteiger partial charge < -0.3 is 9.47 Å². The second kappa shape index (κ2) is 12.2. The third-order valence-corrected chi connectivity index (χ3v) is 10.0. The first-order valence-electron chi connectivity index (χ1n) is 9.67. The number of thioether (sulfide) groups is 4. The number of esters is 2. The highest BCUT2D eigenvalue weighted by Crippen LogP contribution is 2.27. The van der Waals surface area contributed by atoms with Gasteiger partial charge in [0, 0.05) is 45.0 Å². The third-order valence-electron chi connectivity index (χ3n) is 4.42. The summed E-state index contributed by atoms with van der Waals surface area (Å²) in [6, 6.07) is 6.48. The topological polar surface area (TPSA) is 52.6 Å². The largest absolute Gasteiger partial charge is 0.461 e. The van der Waals surface area contributed by atoms with Gasteiger partial charge in [-0.25, -0.2) is 9.59 Å². The lowest BCUT2D eigenvalue weighted by Gasteiger charge is -2.14. The number of ether oxygens (including phenoxy) is 2. The van der Waals surface area contributed by atoms with E-state index in [4.69, 9.17) is 9.47 Å². The van der Waals surface area contributed by atoms with E-state index in [2.05, 4.69) is 13.2 Å². The molecule has 2 aliphatic rings. The van der Waals surface area contributed by atoms with Crippen LogP contribution in [0.3, 0.4) is 0 Å². The number of rotatable bonds is 6. The van der Waals surface area contributed by atoms with Crippen molar-refractivity contribution in [3.05, 3.63) is 59.7 Å². The molecule has 1 aromatic rings. The zero-order chi connectivity index (χ0) is 21.3. The lowest BCUT2D eigenvalue weighted by atomic mass is 10.1. The molecule has 0 N–H and O–H groups in total. The summed E-state index contributed by atoms with van der Waals surface area (Å²) in [6.07, 6.45) is 0. The van der Waals surface area contributed by atoms with E-state index in [1.165, 1.54) is 11.1 Å². The van der Waals surface area contributed by atoms with Crippen LogP contribution in [-0.2, 0) is 9.47 Å². The van der Waals surface area contributed by atoms with Gasteiger partial charge in [-0.2, -0.15) is 23.5 Å². The van der Waals surface area contributed by atoms with E-state index < -0.39 is 0 Å². The number of carbonyl (C=O) groups excluding carboxylic acids is 2. The maximum absolute atomic E-state index is 12.3. The van der Waals surface area contributed by atoms with E-state index >= 15 is 0 Å². The summed E-state index contributed by atoms with van der Waals surface area (Å²) in [5, 5.41) is 0.564.